The van der Waals surface area contributed by atoms with Crippen molar-refractivity contribution in [3.05, 3.63) is 71.5 Å². The summed E-state index contributed by atoms with van der Waals surface area (Å²) in [6.45, 7) is 6.52. The molecule has 1 amide bonds. The van der Waals surface area contributed by atoms with Crippen LogP contribution >= 0.6 is 11.3 Å². The summed E-state index contributed by atoms with van der Waals surface area (Å²) in [5, 5.41) is 3.21. The van der Waals surface area contributed by atoms with E-state index in [4.69, 9.17) is 9.97 Å². The van der Waals surface area contributed by atoms with Crippen LogP contribution in [0.5, 0.6) is 0 Å². The zero-order valence-electron chi connectivity index (χ0n) is 18.3. The fraction of sp³-hybridized carbons (Fsp3) is 0.320. The van der Waals surface area contributed by atoms with Gasteiger partial charge >= 0.3 is 0 Å². The number of thiazole rings is 1. The van der Waals surface area contributed by atoms with Crippen molar-refractivity contribution in [2.24, 2.45) is 0 Å². The molecule has 5 rings (SSSR count). The minimum absolute atomic E-state index is 0.169. The summed E-state index contributed by atoms with van der Waals surface area (Å²) in [5.74, 6) is 1.14. The molecule has 0 spiro atoms. The second-order valence-corrected chi connectivity index (χ2v) is 8.98. The Labute approximate surface area is 192 Å². The molecule has 0 saturated carbocycles. The van der Waals surface area contributed by atoms with Crippen molar-refractivity contribution in [2.45, 2.75) is 26.4 Å². The molecule has 4 aromatic rings. The maximum atomic E-state index is 13.1. The van der Waals surface area contributed by atoms with Gasteiger partial charge in [0.15, 0.2) is 0 Å². The number of aromatic nitrogens is 3. The molecule has 0 N–H and O–H groups in total. The standard InChI is InChI=1S/C25H27N5OS/c1-2-23-27-21-10-6-7-11-22(21)30(23)17-24(31)29-14-12-28(13-15-29)16-20-18-32-25(26-20)19-8-4-3-5-9-19/h3-11,18H,2,12-17H2,1H3. The molecule has 2 aromatic heterocycles. The zero-order valence-corrected chi connectivity index (χ0v) is 19.1. The van der Waals surface area contributed by atoms with Gasteiger partial charge in [0.05, 0.1) is 16.7 Å². The minimum atomic E-state index is 0.169. The number of carbonyl (C=O) groups excluding carboxylic acids is 1. The van der Waals surface area contributed by atoms with Gasteiger partial charge in [-0.2, -0.15) is 0 Å². The fourth-order valence-corrected chi connectivity index (χ4v) is 5.10. The predicted molar refractivity (Wildman–Crippen MR) is 129 cm³/mol. The Bertz CT molecular complexity index is 1210. The quantitative estimate of drug-likeness (QED) is 0.449. The van der Waals surface area contributed by atoms with E-state index in [-0.39, 0.29) is 5.91 Å². The van der Waals surface area contributed by atoms with Gasteiger partial charge in [-0.25, -0.2) is 9.97 Å². The zero-order chi connectivity index (χ0) is 21.9. The van der Waals surface area contributed by atoms with Gasteiger partial charge in [-0.05, 0) is 12.1 Å². The Morgan fingerprint density at radius 2 is 1.72 bits per heavy atom. The van der Waals surface area contributed by atoms with Gasteiger partial charge in [0.25, 0.3) is 0 Å². The van der Waals surface area contributed by atoms with Crippen molar-refractivity contribution in [1.82, 2.24) is 24.3 Å². The molecular weight excluding hydrogens is 418 g/mol. The van der Waals surface area contributed by atoms with Crippen LogP contribution in [0.3, 0.4) is 0 Å². The number of carbonyl (C=O) groups is 1. The van der Waals surface area contributed by atoms with Crippen LogP contribution in [0.1, 0.15) is 18.4 Å². The van der Waals surface area contributed by atoms with E-state index in [9.17, 15) is 4.79 Å². The summed E-state index contributed by atoms with van der Waals surface area (Å²) in [6, 6.07) is 18.4. The molecule has 1 saturated heterocycles. The predicted octanol–water partition coefficient (Wildman–Crippen LogP) is 4.07. The molecule has 3 heterocycles. The van der Waals surface area contributed by atoms with Crippen LogP contribution in [0.25, 0.3) is 21.6 Å². The average Bonchev–Trinajstić information content (AvgIpc) is 3.45. The SMILES string of the molecule is CCc1nc2ccccc2n1CC(=O)N1CCN(Cc2csc(-c3ccccc3)n2)CC1. The number of piperazine rings is 1. The summed E-state index contributed by atoms with van der Waals surface area (Å²) >= 11 is 1.69. The van der Waals surface area contributed by atoms with Crippen LogP contribution in [0.4, 0.5) is 0 Å². The van der Waals surface area contributed by atoms with E-state index in [1.54, 1.807) is 11.3 Å². The number of rotatable bonds is 6. The molecule has 1 aliphatic heterocycles. The topological polar surface area (TPSA) is 54.3 Å². The molecule has 1 fully saturated rings. The van der Waals surface area contributed by atoms with E-state index < -0.39 is 0 Å². The van der Waals surface area contributed by atoms with E-state index in [0.717, 1.165) is 72.3 Å². The molecule has 32 heavy (non-hydrogen) atoms. The number of para-hydroxylation sites is 2. The Kier molecular flexibility index (Phi) is 6.01. The summed E-state index contributed by atoms with van der Waals surface area (Å²) in [5.41, 5.74) is 4.26. The van der Waals surface area contributed by atoms with E-state index >= 15 is 0 Å². The molecule has 164 valence electrons. The molecule has 0 unspecified atom stereocenters. The highest BCUT2D eigenvalue weighted by Crippen LogP contribution is 2.24. The Balaban J connectivity index is 1.18. The number of hydrogen-bond donors (Lipinski definition) is 0. The highest BCUT2D eigenvalue weighted by atomic mass is 32.1. The number of aryl methyl sites for hydroxylation is 1. The van der Waals surface area contributed by atoms with E-state index in [0.29, 0.717) is 6.54 Å². The highest BCUT2D eigenvalue weighted by Gasteiger charge is 2.23. The molecular formula is C25H27N5OS. The third kappa shape index (κ3) is 4.31. The van der Waals surface area contributed by atoms with Crippen molar-refractivity contribution in [1.29, 1.82) is 0 Å². The van der Waals surface area contributed by atoms with Crippen LogP contribution in [0.2, 0.25) is 0 Å². The first kappa shape index (κ1) is 20.8. The lowest BCUT2D eigenvalue weighted by Crippen LogP contribution is -2.49. The maximum Gasteiger partial charge on any atom is 0.242 e. The smallest absolute Gasteiger partial charge is 0.242 e. The van der Waals surface area contributed by atoms with Crippen molar-refractivity contribution >= 4 is 28.3 Å². The first-order valence-electron chi connectivity index (χ1n) is 11.2. The fourth-order valence-electron chi connectivity index (χ4n) is 4.28. The normalized spacial score (nSPS) is 14.8. The molecule has 0 atom stereocenters. The number of fused-ring (bicyclic) bond motifs is 1. The second kappa shape index (κ2) is 9.22. The Morgan fingerprint density at radius 1 is 0.969 bits per heavy atom. The third-order valence-electron chi connectivity index (χ3n) is 6.03. The van der Waals surface area contributed by atoms with E-state index in [1.165, 1.54) is 0 Å². The van der Waals surface area contributed by atoms with E-state index in [1.807, 2.05) is 47.4 Å². The minimum Gasteiger partial charge on any atom is -0.339 e. The highest BCUT2D eigenvalue weighted by molar-refractivity contribution is 7.13. The van der Waals surface area contributed by atoms with Gasteiger partial charge in [-0.15, -0.1) is 11.3 Å². The lowest BCUT2D eigenvalue weighted by molar-refractivity contribution is -0.133. The van der Waals surface area contributed by atoms with Crippen LogP contribution in [-0.4, -0.2) is 56.4 Å². The molecule has 0 radical (unpaired) electrons. The maximum absolute atomic E-state index is 13.1. The van der Waals surface area contributed by atoms with Crippen molar-refractivity contribution < 1.29 is 4.79 Å². The molecule has 1 aliphatic rings. The van der Waals surface area contributed by atoms with E-state index in [2.05, 4.69) is 33.9 Å². The summed E-state index contributed by atoms with van der Waals surface area (Å²) in [7, 11) is 0. The van der Waals surface area contributed by atoms with Crippen LogP contribution in [0.15, 0.2) is 60.0 Å². The van der Waals surface area contributed by atoms with Crippen LogP contribution < -0.4 is 0 Å². The first-order valence-corrected chi connectivity index (χ1v) is 12.0. The van der Waals surface area contributed by atoms with Gasteiger partial charge < -0.3 is 9.47 Å². The monoisotopic (exact) mass is 445 g/mol. The molecule has 6 nitrogen and oxygen atoms in total. The number of hydrogen-bond acceptors (Lipinski definition) is 5. The number of amides is 1. The van der Waals surface area contributed by atoms with Gasteiger partial charge in [0.1, 0.15) is 17.4 Å². The summed E-state index contributed by atoms with van der Waals surface area (Å²) in [6.07, 6.45) is 0.814. The number of nitrogens with zero attached hydrogens (tertiary/aromatic N) is 5. The first-order chi connectivity index (χ1) is 15.7. The van der Waals surface area contributed by atoms with Crippen molar-refractivity contribution in [2.75, 3.05) is 26.2 Å². The van der Waals surface area contributed by atoms with Gasteiger partial charge in [0, 0.05) is 50.1 Å². The Morgan fingerprint density at radius 3 is 2.50 bits per heavy atom. The lowest BCUT2D eigenvalue weighted by Gasteiger charge is -2.34. The van der Waals surface area contributed by atoms with Gasteiger partial charge in [-0.3, -0.25) is 9.69 Å². The van der Waals surface area contributed by atoms with Crippen molar-refractivity contribution in [3.63, 3.8) is 0 Å². The number of benzene rings is 2. The van der Waals surface area contributed by atoms with Gasteiger partial charge in [-0.1, -0.05) is 49.4 Å². The third-order valence-corrected chi connectivity index (χ3v) is 6.97. The average molecular weight is 446 g/mol. The van der Waals surface area contributed by atoms with Crippen LogP contribution in [0, 0.1) is 0 Å². The summed E-state index contributed by atoms with van der Waals surface area (Å²) < 4.78 is 2.07. The second-order valence-electron chi connectivity index (χ2n) is 8.12. The van der Waals surface area contributed by atoms with Crippen molar-refractivity contribution in [3.8, 4) is 10.6 Å². The van der Waals surface area contributed by atoms with Gasteiger partial charge in [0.2, 0.25) is 5.91 Å². The largest absolute Gasteiger partial charge is 0.339 e. The summed E-state index contributed by atoms with van der Waals surface area (Å²) in [4.78, 5) is 26.9. The molecule has 0 aliphatic carbocycles. The lowest BCUT2D eigenvalue weighted by atomic mass is 10.2. The molecule has 2 aromatic carbocycles. The molecule has 0 bridgehead atoms. The molecule has 7 heteroatoms. The van der Waals surface area contributed by atoms with Crippen LogP contribution in [-0.2, 0) is 24.3 Å². The Hall–Kier alpha value is -3.03. The number of imidazole rings is 1.